The molecule has 0 unspecified atom stereocenters. The molecule has 10 heteroatoms. The minimum Gasteiger partial charge on any atom is -0.480 e. The van der Waals surface area contributed by atoms with Crippen molar-refractivity contribution in [2.24, 2.45) is 29.6 Å². The maximum absolute atomic E-state index is 13.0. The largest absolute Gasteiger partial charge is 0.480 e. The molecule has 2 amide bonds. The Kier molecular flexibility index (Phi) is 3.54. The van der Waals surface area contributed by atoms with Crippen LogP contribution in [-0.2, 0) is 14.4 Å². The third-order valence-corrected chi connectivity index (χ3v) is 9.55. The first-order valence-corrected chi connectivity index (χ1v) is 11.2. The lowest BCUT2D eigenvalue weighted by molar-refractivity contribution is -0.149. The van der Waals surface area contributed by atoms with E-state index in [0.29, 0.717) is 0 Å². The molecule has 2 saturated carbocycles. The first-order chi connectivity index (χ1) is 14.0. The number of nitrogens with one attached hydrogen (secondary N) is 1. The van der Waals surface area contributed by atoms with Crippen LogP contribution < -0.4 is 4.87 Å². The molecule has 2 aliphatic heterocycles. The second kappa shape index (κ2) is 5.85. The topological polar surface area (TPSA) is 121 Å². The highest BCUT2D eigenvalue weighted by molar-refractivity contribution is 8.00. The van der Waals surface area contributed by atoms with Crippen LogP contribution in [0.15, 0.2) is 32.6 Å². The number of thiazole rings is 1. The van der Waals surface area contributed by atoms with Crippen LogP contribution in [0, 0.1) is 29.6 Å². The number of carboxylic acid groups (broad SMARTS) is 1. The van der Waals surface area contributed by atoms with Crippen LogP contribution in [0.4, 0.5) is 0 Å². The third-order valence-electron chi connectivity index (χ3n) is 6.96. The number of furan rings is 1. The zero-order valence-corrected chi connectivity index (χ0v) is 16.6. The highest BCUT2D eigenvalue weighted by Gasteiger charge is 2.69. The van der Waals surface area contributed by atoms with Crippen LogP contribution in [0.1, 0.15) is 23.0 Å². The van der Waals surface area contributed by atoms with Gasteiger partial charge in [-0.05, 0) is 36.3 Å². The van der Waals surface area contributed by atoms with Gasteiger partial charge in [0.05, 0.1) is 33.9 Å². The molecule has 2 bridgehead atoms. The quantitative estimate of drug-likeness (QED) is 0.707. The summed E-state index contributed by atoms with van der Waals surface area (Å²) in [5.41, 5.74) is 0. The Morgan fingerprint density at radius 2 is 2.00 bits per heavy atom. The molecule has 8 nitrogen and oxygen atoms in total. The van der Waals surface area contributed by atoms with Gasteiger partial charge in [-0.3, -0.25) is 24.1 Å². The second-order valence-corrected chi connectivity index (χ2v) is 10.3. The number of H-pyrrole nitrogens is 1. The predicted octanol–water partition coefficient (Wildman–Crippen LogP) is 1.59. The summed E-state index contributed by atoms with van der Waals surface area (Å²) in [6.07, 6.45) is 2.38. The van der Waals surface area contributed by atoms with Crippen LogP contribution in [0.3, 0.4) is 0 Å². The average Bonchev–Trinajstić information content (AvgIpc) is 3.45. The van der Waals surface area contributed by atoms with E-state index in [1.807, 2.05) is 12.1 Å². The molecule has 0 radical (unpaired) electrons. The molecule has 4 heterocycles. The van der Waals surface area contributed by atoms with Gasteiger partial charge >= 0.3 is 10.8 Å². The van der Waals surface area contributed by atoms with Crippen molar-refractivity contribution in [3.8, 4) is 0 Å². The van der Waals surface area contributed by atoms with Gasteiger partial charge in [0, 0.05) is 5.25 Å². The number of carboxylic acids is 1. The van der Waals surface area contributed by atoms with Crippen molar-refractivity contribution in [1.82, 2.24) is 9.88 Å². The van der Waals surface area contributed by atoms with Crippen molar-refractivity contribution in [2.75, 3.05) is 6.54 Å². The molecule has 2 aromatic rings. The molecular weight excluding hydrogens is 416 g/mol. The Balaban J connectivity index is 1.45. The number of nitrogens with zero attached hydrogens (tertiary/aromatic N) is 1. The SMILES string of the molecule is O=C(O)CN1C(=O)[C@@H]2[C@H]3C[C@@H]([C@H]2C1=O)[C@H]1[C@@H](c2ccco2)c2sc(=O)[nH]c2S[C@H]31. The highest BCUT2D eigenvalue weighted by Crippen LogP contribution is 2.68. The second-order valence-electron chi connectivity index (χ2n) is 8.13. The van der Waals surface area contributed by atoms with Crippen LogP contribution in [-0.4, -0.2) is 44.6 Å². The number of rotatable bonds is 3. The number of carbonyl (C=O) groups is 3. The molecule has 1 saturated heterocycles. The van der Waals surface area contributed by atoms with E-state index in [4.69, 9.17) is 9.52 Å². The number of thioether (sulfide) groups is 1. The summed E-state index contributed by atoms with van der Waals surface area (Å²) in [4.78, 5) is 53.8. The number of likely N-dealkylation sites (tertiary alicyclic amines) is 1. The molecule has 6 rings (SSSR count). The van der Waals surface area contributed by atoms with E-state index >= 15 is 0 Å². The van der Waals surface area contributed by atoms with Crippen molar-refractivity contribution >= 4 is 40.9 Å². The van der Waals surface area contributed by atoms with E-state index in [-0.39, 0.29) is 45.6 Å². The van der Waals surface area contributed by atoms with E-state index in [2.05, 4.69) is 4.98 Å². The molecule has 29 heavy (non-hydrogen) atoms. The standard InChI is InChI=1S/C19H16N2O6S2/c22-9(23)5-21-17(24)11-6-4-7(12(11)18(21)25)14-10(6)13(8-2-1-3-27-8)15-16(28-14)20-19(26)29-15/h1-3,6-7,10-14H,4-5H2,(H,20,26)(H,22,23)/t6-,7-,10+,11-,12-,13-,14-/m1/s1. The lowest BCUT2D eigenvalue weighted by atomic mass is 9.69. The van der Waals surface area contributed by atoms with Crippen molar-refractivity contribution in [2.45, 2.75) is 22.6 Å². The van der Waals surface area contributed by atoms with Crippen LogP contribution in [0.5, 0.6) is 0 Å². The summed E-state index contributed by atoms with van der Waals surface area (Å²) in [5, 5.41) is 10.0. The summed E-state index contributed by atoms with van der Waals surface area (Å²) >= 11 is 2.77. The van der Waals surface area contributed by atoms with Gasteiger partial charge in [0.25, 0.3) is 0 Å². The summed E-state index contributed by atoms with van der Waals surface area (Å²) in [6.45, 7) is -0.575. The van der Waals surface area contributed by atoms with E-state index in [1.54, 1.807) is 18.0 Å². The first kappa shape index (κ1) is 17.5. The van der Waals surface area contributed by atoms with Gasteiger partial charge < -0.3 is 14.5 Å². The molecule has 2 aliphatic carbocycles. The number of hydrogen-bond donors (Lipinski definition) is 2. The number of amides is 2. The monoisotopic (exact) mass is 432 g/mol. The molecule has 2 N–H and O–H groups in total. The Morgan fingerprint density at radius 1 is 1.24 bits per heavy atom. The molecule has 7 atom stereocenters. The van der Waals surface area contributed by atoms with Gasteiger partial charge in [-0.25, -0.2) is 0 Å². The number of fused-ring (bicyclic) bond motifs is 9. The third kappa shape index (κ3) is 2.21. The molecule has 2 aromatic heterocycles. The van der Waals surface area contributed by atoms with Crippen molar-refractivity contribution in [3.63, 3.8) is 0 Å². The summed E-state index contributed by atoms with van der Waals surface area (Å²) in [7, 11) is 0. The Bertz CT molecular complexity index is 1100. The molecule has 3 fully saturated rings. The molecule has 4 aliphatic rings. The van der Waals surface area contributed by atoms with Crippen LogP contribution in [0.25, 0.3) is 0 Å². The van der Waals surface area contributed by atoms with E-state index < -0.39 is 24.3 Å². The zero-order chi connectivity index (χ0) is 20.0. The van der Waals surface area contributed by atoms with Gasteiger partial charge in [0.2, 0.25) is 11.8 Å². The lowest BCUT2D eigenvalue weighted by Gasteiger charge is -2.42. The Labute approximate surface area is 172 Å². The number of imide groups is 1. The van der Waals surface area contributed by atoms with Gasteiger partial charge in [-0.1, -0.05) is 11.3 Å². The molecule has 150 valence electrons. The maximum Gasteiger partial charge on any atom is 0.323 e. The predicted molar refractivity (Wildman–Crippen MR) is 102 cm³/mol. The van der Waals surface area contributed by atoms with Crippen LogP contribution >= 0.6 is 23.1 Å². The zero-order valence-electron chi connectivity index (χ0n) is 14.9. The van der Waals surface area contributed by atoms with Gasteiger partial charge in [0.1, 0.15) is 12.3 Å². The molecular formula is C19H16N2O6S2. The maximum atomic E-state index is 13.0. The normalized spacial score (nSPS) is 37.0. The van der Waals surface area contributed by atoms with Crippen molar-refractivity contribution in [1.29, 1.82) is 0 Å². The highest BCUT2D eigenvalue weighted by atomic mass is 32.2. The fourth-order valence-electron chi connectivity index (χ4n) is 6.16. The smallest absolute Gasteiger partial charge is 0.323 e. The van der Waals surface area contributed by atoms with Crippen molar-refractivity contribution in [3.05, 3.63) is 38.7 Å². The van der Waals surface area contributed by atoms with Crippen LogP contribution in [0.2, 0.25) is 0 Å². The van der Waals surface area contributed by atoms with E-state index in [1.165, 1.54) is 11.3 Å². The molecule has 0 spiro atoms. The summed E-state index contributed by atoms with van der Waals surface area (Å²) < 4.78 is 5.73. The van der Waals surface area contributed by atoms with Gasteiger partial charge in [0.15, 0.2) is 0 Å². The summed E-state index contributed by atoms with van der Waals surface area (Å²) in [5.74, 6) is -2.16. The van der Waals surface area contributed by atoms with Gasteiger partial charge in [-0.2, -0.15) is 0 Å². The van der Waals surface area contributed by atoms with E-state index in [9.17, 15) is 19.2 Å². The first-order valence-electron chi connectivity index (χ1n) is 9.45. The Morgan fingerprint density at radius 3 is 2.69 bits per heavy atom. The number of carbonyl (C=O) groups excluding carboxylic acids is 2. The fraction of sp³-hybridized carbons (Fsp3) is 0.474. The molecule has 0 aromatic carbocycles. The minimum atomic E-state index is -1.18. The summed E-state index contributed by atoms with van der Waals surface area (Å²) in [6, 6.07) is 3.71. The number of hydrogen-bond acceptors (Lipinski definition) is 7. The minimum absolute atomic E-state index is 0.00995. The number of aromatic amines is 1. The number of aromatic nitrogens is 1. The van der Waals surface area contributed by atoms with Gasteiger partial charge in [-0.15, -0.1) is 11.8 Å². The lowest BCUT2D eigenvalue weighted by Crippen LogP contribution is -2.42. The number of aliphatic carboxylic acids is 1. The average molecular weight is 432 g/mol. The van der Waals surface area contributed by atoms with Crippen molar-refractivity contribution < 1.29 is 23.9 Å². The fourth-order valence-corrected chi connectivity index (χ4v) is 9.03. The van der Waals surface area contributed by atoms with E-state index in [0.717, 1.165) is 27.0 Å². The Hall–Kier alpha value is -2.33.